The number of hydrogen-bond acceptors (Lipinski definition) is 7. The van der Waals surface area contributed by atoms with Gasteiger partial charge >= 0.3 is 0 Å². The first-order chi connectivity index (χ1) is 5.52. The number of likely N-dealkylation sites (N-methyl/N-ethyl adjacent to an activating group) is 1. The predicted molar refractivity (Wildman–Crippen MR) is 61.0 cm³/mol. The van der Waals surface area contributed by atoms with Crippen molar-refractivity contribution in [2.45, 2.75) is 21.5 Å². The van der Waals surface area contributed by atoms with E-state index in [-0.39, 0.29) is 6.42 Å². The van der Waals surface area contributed by atoms with Gasteiger partial charge in [-0.1, -0.05) is 0 Å². The van der Waals surface area contributed by atoms with Crippen LogP contribution in [-0.4, -0.2) is 22.2 Å². The molecule has 0 aromatic heterocycles. The van der Waals surface area contributed by atoms with E-state index in [1.807, 2.05) is 22.6 Å². The van der Waals surface area contributed by atoms with E-state index in [1.54, 1.807) is 7.05 Å². The first kappa shape index (κ1) is 13.4. The van der Waals surface area contributed by atoms with Crippen LogP contribution in [0.5, 0.6) is 0 Å². The molecule has 0 radical (unpaired) electrons. The normalized spacial score (nSPS) is 14.8. The summed E-state index contributed by atoms with van der Waals surface area (Å²) >= 11 is 1.81. The number of nitrogens with one attached hydrogen (secondary N) is 1. The molecule has 0 amide bonds. The Morgan fingerprint density at radius 2 is 1.46 bits per heavy atom. The van der Waals surface area contributed by atoms with Crippen molar-refractivity contribution in [3.05, 3.63) is 0 Å². The molecule has 0 bridgehead atoms. The van der Waals surface area contributed by atoms with Crippen LogP contribution in [-0.2, 0) is 0 Å². The van der Waals surface area contributed by atoms with Crippen molar-refractivity contribution >= 4 is 22.6 Å². The second-order valence-electron chi connectivity index (χ2n) is 3.26. The van der Waals surface area contributed by atoms with Crippen molar-refractivity contribution in [1.82, 2.24) is 5.32 Å². The molecule has 0 aliphatic rings. The summed E-state index contributed by atoms with van der Waals surface area (Å²) < 4.78 is -1.04. The van der Waals surface area contributed by atoms with Gasteiger partial charge < -0.3 is 22.9 Å². The van der Waals surface area contributed by atoms with Gasteiger partial charge in [0, 0.05) is 6.42 Å². The summed E-state index contributed by atoms with van der Waals surface area (Å²) in [4.78, 5) is 0. The molecule has 8 heteroatoms. The van der Waals surface area contributed by atoms with E-state index in [0.29, 0.717) is 0 Å². The van der Waals surface area contributed by atoms with Gasteiger partial charge in [0.1, 0.15) is 9.33 Å². The number of halogens is 1. The molecular formula is C5H18IN7. The van der Waals surface area contributed by atoms with E-state index < -0.39 is 15.1 Å². The lowest BCUT2D eigenvalue weighted by Gasteiger charge is -2.42. The number of hydrogen-bond donors (Lipinski definition) is 7. The smallest absolute Gasteiger partial charge is 0.150 e. The lowest BCUT2D eigenvalue weighted by molar-refractivity contribution is 0.170. The van der Waals surface area contributed by atoms with Gasteiger partial charge in [-0.15, -0.1) is 0 Å². The first-order valence-electron chi connectivity index (χ1n) is 3.63. The van der Waals surface area contributed by atoms with Gasteiger partial charge in [-0.2, -0.15) is 0 Å². The zero-order valence-electron chi connectivity index (χ0n) is 7.55. The third-order valence-electron chi connectivity index (χ3n) is 1.75. The van der Waals surface area contributed by atoms with Crippen LogP contribution >= 0.6 is 22.6 Å². The quantitative estimate of drug-likeness (QED) is 0.124. The molecule has 13 N–H and O–H groups in total. The largest absolute Gasteiger partial charge is 0.310 e. The molecule has 0 saturated heterocycles. The summed E-state index contributed by atoms with van der Waals surface area (Å²) in [6, 6.07) is 0. The van der Waals surface area contributed by atoms with Gasteiger partial charge in [0.15, 0.2) is 5.79 Å². The van der Waals surface area contributed by atoms with Gasteiger partial charge in [0.05, 0.1) is 0 Å². The van der Waals surface area contributed by atoms with E-state index in [9.17, 15) is 0 Å². The van der Waals surface area contributed by atoms with Gasteiger partial charge in [-0.05, 0) is 29.6 Å². The average Bonchev–Trinajstić information content (AvgIpc) is 1.81. The molecule has 0 spiro atoms. The highest BCUT2D eigenvalue weighted by atomic mass is 127. The zero-order valence-corrected chi connectivity index (χ0v) is 9.71. The van der Waals surface area contributed by atoms with Crippen LogP contribution in [0.3, 0.4) is 0 Å². The molecule has 13 heavy (non-hydrogen) atoms. The van der Waals surface area contributed by atoms with Crippen LogP contribution < -0.4 is 39.7 Å². The summed E-state index contributed by atoms with van der Waals surface area (Å²) in [5.41, 5.74) is 32.3. The number of rotatable bonds is 4. The minimum atomic E-state index is -1.41. The Labute approximate surface area is 91.1 Å². The summed E-state index contributed by atoms with van der Waals surface area (Å²) in [6.45, 7) is 0. The van der Waals surface area contributed by atoms with Crippen LogP contribution in [0.15, 0.2) is 0 Å². The van der Waals surface area contributed by atoms with Crippen LogP contribution in [0, 0.1) is 0 Å². The Morgan fingerprint density at radius 3 is 1.69 bits per heavy atom. The maximum atomic E-state index is 5.69. The molecule has 80 valence electrons. The fraction of sp³-hybridized carbons (Fsp3) is 1.00. The molecular weight excluding hydrogens is 285 g/mol. The zero-order chi connectivity index (χ0) is 10.9. The van der Waals surface area contributed by atoms with E-state index in [0.717, 1.165) is 0 Å². The summed E-state index contributed by atoms with van der Waals surface area (Å²) in [5.74, 6) is -1.41. The van der Waals surface area contributed by atoms with E-state index >= 15 is 0 Å². The van der Waals surface area contributed by atoms with Gasteiger partial charge in [-0.3, -0.25) is 16.8 Å². The molecule has 0 fully saturated rings. The number of nitrogens with two attached hydrogens (primary N) is 6. The Bertz CT molecular complexity index is 172. The fourth-order valence-electron chi connectivity index (χ4n) is 0.827. The second-order valence-corrected chi connectivity index (χ2v) is 5.27. The van der Waals surface area contributed by atoms with Crippen LogP contribution in [0.25, 0.3) is 0 Å². The third kappa shape index (κ3) is 3.99. The van der Waals surface area contributed by atoms with Gasteiger partial charge in [-0.25, -0.2) is 0 Å². The highest BCUT2D eigenvalue weighted by molar-refractivity contribution is 14.1. The molecule has 0 unspecified atom stereocenters. The molecule has 0 aliphatic heterocycles. The van der Waals surface area contributed by atoms with E-state index in [1.165, 1.54) is 0 Å². The monoisotopic (exact) mass is 303 g/mol. The molecule has 7 nitrogen and oxygen atoms in total. The Balaban J connectivity index is 4.58. The molecule has 0 aromatic carbocycles. The summed E-state index contributed by atoms with van der Waals surface area (Å²) in [7, 11) is 1.55. The topological polar surface area (TPSA) is 168 Å². The molecule has 0 saturated carbocycles. The Kier molecular flexibility index (Phi) is 4.04. The van der Waals surface area contributed by atoms with Crippen LogP contribution in [0.4, 0.5) is 0 Å². The highest BCUT2D eigenvalue weighted by Crippen LogP contribution is 2.18. The van der Waals surface area contributed by atoms with E-state index in [2.05, 4.69) is 5.32 Å². The maximum Gasteiger partial charge on any atom is 0.150 e. The minimum Gasteiger partial charge on any atom is -0.310 e. The van der Waals surface area contributed by atoms with Crippen molar-refractivity contribution in [2.24, 2.45) is 34.4 Å². The fourth-order valence-corrected chi connectivity index (χ4v) is 1.46. The SMILES string of the molecule is CNC(N)(N)C(N)(N)CC(N)(N)I. The molecule has 0 aliphatic carbocycles. The molecule has 0 rings (SSSR count). The standard InChI is InChI=1S/C5H18IN7/c1-13-5(11,12)3(7,8)2-4(6,9)10/h13H,2,7-12H2,1H3. The maximum absolute atomic E-state index is 5.69. The third-order valence-corrected chi connectivity index (χ3v) is 2.13. The molecule has 0 aromatic rings. The summed E-state index contributed by atoms with van der Waals surface area (Å²) in [6.07, 6.45) is 0.0778. The minimum absolute atomic E-state index is 0.0778. The first-order valence-corrected chi connectivity index (χ1v) is 4.71. The van der Waals surface area contributed by atoms with Crippen molar-refractivity contribution < 1.29 is 0 Å². The number of alkyl halides is 1. The van der Waals surface area contributed by atoms with Crippen LogP contribution in [0.2, 0.25) is 0 Å². The molecule has 0 heterocycles. The van der Waals surface area contributed by atoms with Gasteiger partial charge in [0.25, 0.3) is 0 Å². The lowest BCUT2D eigenvalue weighted by Crippen LogP contribution is -2.83. The highest BCUT2D eigenvalue weighted by Gasteiger charge is 2.42. The van der Waals surface area contributed by atoms with E-state index in [4.69, 9.17) is 34.4 Å². The Morgan fingerprint density at radius 1 is 1.08 bits per heavy atom. The predicted octanol–water partition coefficient (Wildman–Crippen LogP) is -3.21. The Hall–Kier alpha value is 0.450. The van der Waals surface area contributed by atoms with Crippen molar-refractivity contribution in [1.29, 1.82) is 0 Å². The van der Waals surface area contributed by atoms with Crippen molar-refractivity contribution in [3.8, 4) is 0 Å². The van der Waals surface area contributed by atoms with Gasteiger partial charge in [0.2, 0.25) is 0 Å². The summed E-state index contributed by atoms with van der Waals surface area (Å²) in [5, 5.41) is 2.60. The second kappa shape index (κ2) is 3.90. The molecule has 0 atom stereocenters. The average molecular weight is 303 g/mol. The lowest BCUT2D eigenvalue weighted by atomic mass is 9.98. The van der Waals surface area contributed by atoms with Crippen molar-refractivity contribution in [2.75, 3.05) is 7.05 Å². The van der Waals surface area contributed by atoms with Crippen LogP contribution in [0.1, 0.15) is 6.42 Å². The van der Waals surface area contributed by atoms with Crippen molar-refractivity contribution in [3.63, 3.8) is 0 Å².